The number of rotatable bonds is 1. The minimum Gasteiger partial charge on any atom is -0.346 e. The predicted octanol–water partition coefficient (Wildman–Crippen LogP) is 1.63. The maximum absolute atomic E-state index is 5.39. The van der Waals surface area contributed by atoms with E-state index < -0.39 is 0 Å². The Balaban J connectivity index is 1.89. The Morgan fingerprint density at radius 3 is 2.38 bits per heavy atom. The fourth-order valence-electron chi connectivity index (χ4n) is 1.73. The lowest BCUT2D eigenvalue weighted by Crippen LogP contribution is -2.48. The monoisotopic (exact) mass is 235 g/mol. The molecule has 1 saturated heterocycles. The number of para-hydroxylation sites is 1. The summed E-state index contributed by atoms with van der Waals surface area (Å²) in [5.41, 5.74) is 1.06. The molecular formula is C12H17N3S. The lowest BCUT2D eigenvalue weighted by molar-refractivity contribution is 0.217. The van der Waals surface area contributed by atoms with Crippen molar-refractivity contribution < 1.29 is 0 Å². The van der Waals surface area contributed by atoms with E-state index >= 15 is 0 Å². The minimum absolute atomic E-state index is 0.833. The molecule has 1 aromatic rings. The van der Waals surface area contributed by atoms with Crippen LogP contribution in [-0.4, -0.2) is 48.1 Å². The summed E-state index contributed by atoms with van der Waals surface area (Å²) in [5.74, 6) is 0. The van der Waals surface area contributed by atoms with Crippen molar-refractivity contribution in [1.29, 1.82) is 0 Å². The van der Waals surface area contributed by atoms with Gasteiger partial charge in [-0.15, -0.1) is 0 Å². The summed E-state index contributed by atoms with van der Waals surface area (Å²) >= 11 is 5.39. The minimum atomic E-state index is 0.833. The van der Waals surface area contributed by atoms with Crippen LogP contribution in [0.4, 0.5) is 5.69 Å². The SMILES string of the molecule is CN1CCN(C(=S)Nc2ccccc2)CC1. The third-order valence-corrected chi connectivity index (χ3v) is 3.18. The maximum Gasteiger partial charge on any atom is 0.173 e. The largest absolute Gasteiger partial charge is 0.346 e. The third kappa shape index (κ3) is 2.93. The van der Waals surface area contributed by atoms with E-state index in [1.807, 2.05) is 30.3 Å². The van der Waals surface area contributed by atoms with E-state index in [9.17, 15) is 0 Å². The third-order valence-electron chi connectivity index (χ3n) is 2.82. The normalized spacial score (nSPS) is 17.2. The zero-order valence-electron chi connectivity index (χ0n) is 9.52. The number of nitrogens with zero attached hydrogens (tertiary/aromatic N) is 2. The molecule has 3 nitrogen and oxygen atoms in total. The molecule has 4 heteroatoms. The Labute approximate surface area is 102 Å². The van der Waals surface area contributed by atoms with Crippen LogP contribution in [-0.2, 0) is 0 Å². The van der Waals surface area contributed by atoms with Crippen LogP contribution in [0, 0.1) is 0 Å². The highest BCUT2D eigenvalue weighted by molar-refractivity contribution is 7.80. The Morgan fingerprint density at radius 2 is 1.75 bits per heavy atom. The molecule has 1 heterocycles. The fourth-order valence-corrected chi connectivity index (χ4v) is 2.03. The molecule has 0 aliphatic carbocycles. The number of hydrogen-bond donors (Lipinski definition) is 1. The predicted molar refractivity (Wildman–Crippen MR) is 71.7 cm³/mol. The van der Waals surface area contributed by atoms with Crippen molar-refractivity contribution in [1.82, 2.24) is 9.80 Å². The molecule has 1 aliphatic rings. The first kappa shape index (κ1) is 11.4. The molecule has 0 atom stereocenters. The lowest BCUT2D eigenvalue weighted by Gasteiger charge is -2.34. The average Bonchev–Trinajstić information content (AvgIpc) is 2.31. The van der Waals surface area contributed by atoms with E-state index in [1.54, 1.807) is 0 Å². The van der Waals surface area contributed by atoms with Gasteiger partial charge in [0.2, 0.25) is 0 Å². The molecule has 86 valence electrons. The van der Waals surface area contributed by atoms with Crippen molar-refractivity contribution in [3.8, 4) is 0 Å². The van der Waals surface area contributed by atoms with E-state index in [-0.39, 0.29) is 0 Å². The molecule has 1 aromatic carbocycles. The highest BCUT2D eigenvalue weighted by Crippen LogP contribution is 2.08. The molecule has 0 aromatic heterocycles. The van der Waals surface area contributed by atoms with Gasteiger partial charge in [0.25, 0.3) is 0 Å². The number of benzene rings is 1. The number of anilines is 1. The summed E-state index contributed by atoms with van der Waals surface area (Å²) in [6.07, 6.45) is 0. The van der Waals surface area contributed by atoms with Gasteiger partial charge in [-0.3, -0.25) is 0 Å². The first-order valence-corrected chi connectivity index (χ1v) is 5.96. The van der Waals surface area contributed by atoms with Gasteiger partial charge in [-0.25, -0.2) is 0 Å². The van der Waals surface area contributed by atoms with Crippen molar-refractivity contribution in [2.45, 2.75) is 0 Å². The maximum atomic E-state index is 5.39. The van der Waals surface area contributed by atoms with E-state index in [0.717, 1.165) is 37.0 Å². The number of thiocarbonyl (C=S) groups is 1. The molecule has 1 N–H and O–H groups in total. The van der Waals surface area contributed by atoms with Crippen molar-refractivity contribution in [2.75, 3.05) is 38.5 Å². The van der Waals surface area contributed by atoms with Crippen LogP contribution in [0.15, 0.2) is 30.3 Å². The van der Waals surface area contributed by atoms with Crippen LogP contribution in [0.2, 0.25) is 0 Å². The van der Waals surface area contributed by atoms with Crippen molar-refractivity contribution in [3.05, 3.63) is 30.3 Å². The fraction of sp³-hybridized carbons (Fsp3) is 0.417. The summed E-state index contributed by atoms with van der Waals surface area (Å²) in [6, 6.07) is 10.1. The van der Waals surface area contributed by atoms with Crippen LogP contribution < -0.4 is 5.32 Å². The molecule has 1 fully saturated rings. The zero-order chi connectivity index (χ0) is 11.4. The molecule has 16 heavy (non-hydrogen) atoms. The standard InChI is InChI=1S/C12H17N3S/c1-14-7-9-15(10-8-14)12(16)13-11-5-3-2-4-6-11/h2-6H,7-10H2,1H3,(H,13,16). The van der Waals surface area contributed by atoms with E-state index in [1.165, 1.54) is 0 Å². The van der Waals surface area contributed by atoms with E-state index in [0.29, 0.717) is 0 Å². The van der Waals surface area contributed by atoms with Gasteiger partial charge in [0.05, 0.1) is 0 Å². The van der Waals surface area contributed by atoms with E-state index in [4.69, 9.17) is 12.2 Å². The quantitative estimate of drug-likeness (QED) is 0.745. The number of hydrogen-bond acceptors (Lipinski definition) is 2. The molecule has 0 bridgehead atoms. The second kappa shape index (κ2) is 5.27. The number of nitrogens with one attached hydrogen (secondary N) is 1. The summed E-state index contributed by atoms with van der Waals surface area (Å²) in [6.45, 7) is 4.18. The molecule has 1 aliphatic heterocycles. The van der Waals surface area contributed by atoms with Gasteiger partial charge >= 0.3 is 0 Å². The van der Waals surface area contributed by atoms with Crippen molar-refractivity contribution in [3.63, 3.8) is 0 Å². The molecule has 0 unspecified atom stereocenters. The zero-order valence-corrected chi connectivity index (χ0v) is 10.3. The highest BCUT2D eigenvalue weighted by atomic mass is 32.1. The highest BCUT2D eigenvalue weighted by Gasteiger charge is 2.15. The van der Waals surface area contributed by atoms with Crippen LogP contribution in [0.3, 0.4) is 0 Å². The second-order valence-electron chi connectivity index (χ2n) is 4.09. The van der Waals surface area contributed by atoms with Crippen molar-refractivity contribution >= 4 is 23.0 Å². The van der Waals surface area contributed by atoms with Gasteiger partial charge < -0.3 is 15.1 Å². The Kier molecular flexibility index (Phi) is 3.74. The molecular weight excluding hydrogens is 218 g/mol. The Hall–Kier alpha value is -1.13. The Morgan fingerprint density at radius 1 is 1.12 bits per heavy atom. The van der Waals surface area contributed by atoms with Crippen LogP contribution in [0.25, 0.3) is 0 Å². The van der Waals surface area contributed by atoms with Crippen molar-refractivity contribution in [2.24, 2.45) is 0 Å². The van der Waals surface area contributed by atoms with Gasteiger partial charge in [-0.2, -0.15) is 0 Å². The number of piperazine rings is 1. The second-order valence-corrected chi connectivity index (χ2v) is 4.47. The van der Waals surface area contributed by atoms with Crippen LogP contribution >= 0.6 is 12.2 Å². The van der Waals surface area contributed by atoms with Crippen LogP contribution in [0.5, 0.6) is 0 Å². The average molecular weight is 235 g/mol. The molecule has 0 saturated carbocycles. The van der Waals surface area contributed by atoms with Gasteiger partial charge in [0, 0.05) is 31.9 Å². The summed E-state index contributed by atoms with van der Waals surface area (Å²) < 4.78 is 0. The van der Waals surface area contributed by atoms with Gasteiger partial charge in [0.15, 0.2) is 5.11 Å². The molecule has 0 amide bonds. The first-order chi connectivity index (χ1) is 7.75. The topological polar surface area (TPSA) is 18.5 Å². The van der Waals surface area contributed by atoms with Gasteiger partial charge in [-0.05, 0) is 31.4 Å². The molecule has 2 rings (SSSR count). The van der Waals surface area contributed by atoms with Crippen LogP contribution in [0.1, 0.15) is 0 Å². The lowest BCUT2D eigenvalue weighted by atomic mass is 10.3. The first-order valence-electron chi connectivity index (χ1n) is 5.55. The Bertz CT molecular complexity index is 345. The van der Waals surface area contributed by atoms with Gasteiger partial charge in [0.1, 0.15) is 0 Å². The summed E-state index contributed by atoms with van der Waals surface area (Å²) in [5, 5.41) is 4.10. The number of likely N-dealkylation sites (N-methyl/N-ethyl adjacent to an activating group) is 1. The smallest absolute Gasteiger partial charge is 0.173 e. The van der Waals surface area contributed by atoms with E-state index in [2.05, 4.69) is 22.2 Å². The van der Waals surface area contributed by atoms with Gasteiger partial charge in [-0.1, -0.05) is 18.2 Å². The molecule has 0 radical (unpaired) electrons. The summed E-state index contributed by atoms with van der Waals surface area (Å²) in [4.78, 5) is 4.55. The molecule has 0 spiro atoms. The summed E-state index contributed by atoms with van der Waals surface area (Å²) in [7, 11) is 2.14.